The summed E-state index contributed by atoms with van der Waals surface area (Å²) >= 11 is 0. The first kappa shape index (κ1) is 13.8. The summed E-state index contributed by atoms with van der Waals surface area (Å²) in [6, 6.07) is 13.1. The summed E-state index contributed by atoms with van der Waals surface area (Å²) < 4.78 is 0. The summed E-state index contributed by atoms with van der Waals surface area (Å²) in [7, 11) is 0. The smallest absolute Gasteiger partial charge is 0.0490 e. The van der Waals surface area contributed by atoms with Crippen molar-refractivity contribution >= 4 is 0 Å². The van der Waals surface area contributed by atoms with Crippen LogP contribution in [0.5, 0.6) is 0 Å². The molecule has 3 nitrogen and oxygen atoms in total. The van der Waals surface area contributed by atoms with Gasteiger partial charge in [-0.2, -0.15) is 5.10 Å². The van der Waals surface area contributed by atoms with Gasteiger partial charge in [-0.1, -0.05) is 56.5 Å². The molecule has 2 aromatic rings. The maximum atomic E-state index is 3.98. The molecule has 102 valence electrons. The van der Waals surface area contributed by atoms with Gasteiger partial charge in [-0.15, -0.1) is 0 Å². The lowest BCUT2D eigenvalue weighted by atomic mass is 10.0. The normalized spacial score (nSPS) is 12.5. The first-order valence-corrected chi connectivity index (χ1v) is 7.16. The highest BCUT2D eigenvalue weighted by Crippen LogP contribution is 2.20. The number of H-pyrrole nitrogens is 1. The quantitative estimate of drug-likeness (QED) is 0.706. The van der Waals surface area contributed by atoms with Crippen LogP contribution in [0.1, 0.15) is 49.9 Å². The summed E-state index contributed by atoms with van der Waals surface area (Å²) in [6.07, 6.45) is 6.82. The van der Waals surface area contributed by atoms with Crippen LogP contribution in [0.4, 0.5) is 0 Å². The Kier molecular flexibility index (Phi) is 5.63. The van der Waals surface area contributed by atoms with E-state index in [0.717, 1.165) is 12.2 Å². The molecule has 1 aromatic heterocycles. The molecule has 0 aliphatic rings. The molecular formula is C16H23N3. The molecule has 1 aromatic carbocycles. The molecule has 0 saturated carbocycles. The van der Waals surface area contributed by atoms with Crippen molar-refractivity contribution in [1.82, 2.24) is 15.5 Å². The van der Waals surface area contributed by atoms with Crippen molar-refractivity contribution in [2.45, 2.75) is 45.2 Å². The highest BCUT2D eigenvalue weighted by molar-refractivity contribution is 5.19. The zero-order valence-corrected chi connectivity index (χ0v) is 11.6. The average molecular weight is 257 g/mol. The van der Waals surface area contributed by atoms with E-state index in [1.54, 1.807) is 6.20 Å². The van der Waals surface area contributed by atoms with Crippen LogP contribution in [0, 0.1) is 0 Å². The molecule has 3 heteroatoms. The number of benzene rings is 1. The molecule has 19 heavy (non-hydrogen) atoms. The Bertz CT molecular complexity index is 436. The van der Waals surface area contributed by atoms with Crippen molar-refractivity contribution in [1.29, 1.82) is 0 Å². The molecule has 0 fully saturated rings. The van der Waals surface area contributed by atoms with E-state index >= 15 is 0 Å². The molecule has 2 rings (SSSR count). The van der Waals surface area contributed by atoms with Gasteiger partial charge in [0.05, 0.1) is 0 Å². The maximum Gasteiger partial charge on any atom is 0.0490 e. The van der Waals surface area contributed by atoms with Crippen LogP contribution in [0.15, 0.2) is 42.6 Å². The number of rotatable bonds is 8. The van der Waals surface area contributed by atoms with Crippen molar-refractivity contribution < 1.29 is 0 Å². The van der Waals surface area contributed by atoms with Crippen molar-refractivity contribution in [2.75, 3.05) is 0 Å². The number of aromatic amines is 1. The SMILES string of the molecule is CCCCCC(NCc1ccn[nH]1)c1ccccc1. The number of nitrogens with zero attached hydrogens (tertiary/aromatic N) is 1. The fraction of sp³-hybridized carbons (Fsp3) is 0.438. The van der Waals surface area contributed by atoms with Gasteiger partial charge >= 0.3 is 0 Å². The van der Waals surface area contributed by atoms with Crippen molar-refractivity contribution in [3.05, 3.63) is 53.9 Å². The number of hydrogen-bond donors (Lipinski definition) is 2. The Balaban J connectivity index is 1.93. The average Bonchev–Trinajstić information content (AvgIpc) is 2.97. The summed E-state index contributed by atoms with van der Waals surface area (Å²) in [5.74, 6) is 0. The maximum absolute atomic E-state index is 3.98. The topological polar surface area (TPSA) is 40.7 Å². The molecule has 0 radical (unpaired) electrons. The van der Waals surface area contributed by atoms with Crippen LogP contribution in [-0.2, 0) is 6.54 Å². The van der Waals surface area contributed by atoms with Crippen molar-refractivity contribution in [2.24, 2.45) is 0 Å². The number of hydrogen-bond acceptors (Lipinski definition) is 2. The molecular weight excluding hydrogens is 234 g/mol. The molecule has 0 saturated heterocycles. The molecule has 2 N–H and O–H groups in total. The van der Waals surface area contributed by atoms with Gasteiger partial charge in [0.1, 0.15) is 0 Å². The predicted molar refractivity (Wildman–Crippen MR) is 78.8 cm³/mol. The lowest BCUT2D eigenvalue weighted by Crippen LogP contribution is -2.21. The van der Waals surface area contributed by atoms with Gasteiger partial charge in [-0.25, -0.2) is 0 Å². The largest absolute Gasteiger partial charge is 0.304 e. The Labute approximate surface area is 115 Å². The molecule has 0 amide bonds. The van der Waals surface area contributed by atoms with Crippen LogP contribution in [0.2, 0.25) is 0 Å². The van der Waals surface area contributed by atoms with E-state index in [-0.39, 0.29) is 0 Å². The van der Waals surface area contributed by atoms with E-state index < -0.39 is 0 Å². The second kappa shape index (κ2) is 7.74. The van der Waals surface area contributed by atoms with Gasteiger partial charge in [-0.3, -0.25) is 5.10 Å². The first-order valence-electron chi connectivity index (χ1n) is 7.16. The van der Waals surface area contributed by atoms with Gasteiger partial charge in [0.15, 0.2) is 0 Å². The van der Waals surface area contributed by atoms with Gasteiger partial charge in [0.2, 0.25) is 0 Å². The van der Waals surface area contributed by atoms with E-state index in [1.165, 1.54) is 31.2 Å². The molecule has 0 aliphatic heterocycles. The van der Waals surface area contributed by atoms with E-state index in [0.29, 0.717) is 6.04 Å². The van der Waals surface area contributed by atoms with E-state index in [9.17, 15) is 0 Å². The molecule has 0 bridgehead atoms. The molecule has 1 heterocycles. The zero-order valence-electron chi connectivity index (χ0n) is 11.6. The van der Waals surface area contributed by atoms with E-state index in [4.69, 9.17) is 0 Å². The van der Waals surface area contributed by atoms with Crippen LogP contribution < -0.4 is 5.32 Å². The highest BCUT2D eigenvalue weighted by atomic mass is 15.1. The Morgan fingerprint density at radius 3 is 2.68 bits per heavy atom. The third-order valence-corrected chi connectivity index (χ3v) is 3.40. The third-order valence-electron chi connectivity index (χ3n) is 3.40. The first-order chi connectivity index (χ1) is 9.40. The summed E-state index contributed by atoms with van der Waals surface area (Å²) in [5.41, 5.74) is 2.51. The number of aromatic nitrogens is 2. The van der Waals surface area contributed by atoms with Gasteiger partial charge < -0.3 is 5.32 Å². The highest BCUT2D eigenvalue weighted by Gasteiger charge is 2.10. The van der Waals surface area contributed by atoms with Crippen LogP contribution in [-0.4, -0.2) is 10.2 Å². The monoisotopic (exact) mass is 257 g/mol. The Morgan fingerprint density at radius 2 is 2.00 bits per heavy atom. The minimum absolute atomic E-state index is 0.427. The van der Waals surface area contributed by atoms with Crippen LogP contribution in [0.25, 0.3) is 0 Å². The molecule has 0 spiro atoms. The second-order valence-electron chi connectivity index (χ2n) is 4.92. The molecule has 1 unspecified atom stereocenters. The predicted octanol–water partition coefficient (Wildman–Crippen LogP) is 3.82. The summed E-state index contributed by atoms with van der Waals surface area (Å²) in [4.78, 5) is 0. The zero-order chi connectivity index (χ0) is 13.3. The summed E-state index contributed by atoms with van der Waals surface area (Å²) in [6.45, 7) is 3.08. The minimum Gasteiger partial charge on any atom is -0.304 e. The number of unbranched alkanes of at least 4 members (excludes halogenated alkanes) is 2. The second-order valence-corrected chi connectivity index (χ2v) is 4.92. The lowest BCUT2D eigenvalue weighted by Gasteiger charge is -2.18. The lowest BCUT2D eigenvalue weighted by molar-refractivity contribution is 0.470. The summed E-state index contributed by atoms with van der Waals surface area (Å²) in [5, 5.41) is 10.6. The Hall–Kier alpha value is -1.61. The third kappa shape index (κ3) is 4.52. The minimum atomic E-state index is 0.427. The van der Waals surface area contributed by atoms with Crippen molar-refractivity contribution in [3.8, 4) is 0 Å². The van der Waals surface area contributed by atoms with Crippen molar-refractivity contribution in [3.63, 3.8) is 0 Å². The standard InChI is InChI=1S/C16H23N3/c1-2-3-5-10-16(14-8-6-4-7-9-14)17-13-15-11-12-18-19-15/h4,6-9,11-12,16-17H,2-3,5,10,13H2,1H3,(H,18,19). The van der Waals surface area contributed by atoms with Gasteiger partial charge in [0, 0.05) is 24.5 Å². The van der Waals surface area contributed by atoms with Crippen LogP contribution >= 0.6 is 0 Å². The molecule has 0 aliphatic carbocycles. The van der Waals surface area contributed by atoms with Crippen LogP contribution in [0.3, 0.4) is 0 Å². The fourth-order valence-corrected chi connectivity index (χ4v) is 2.29. The van der Waals surface area contributed by atoms with Gasteiger partial charge in [-0.05, 0) is 18.1 Å². The van der Waals surface area contributed by atoms with E-state index in [2.05, 4.69) is 52.8 Å². The Morgan fingerprint density at radius 1 is 1.16 bits per heavy atom. The number of nitrogens with one attached hydrogen (secondary N) is 2. The van der Waals surface area contributed by atoms with E-state index in [1.807, 2.05) is 6.07 Å². The molecule has 1 atom stereocenters. The fourth-order valence-electron chi connectivity index (χ4n) is 2.29. The van der Waals surface area contributed by atoms with Gasteiger partial charge in [0.25, 0.3) is 0 Å².